The van der Waals surface area contributed by atoms with Crippen molar-refractivity contribution in [1.29, 1.82) is 0 Å². The first kappa shape index (κ1) is 28.0. The largest absolute Gasteiger partial charge is 0.424 e. The fourth-order valence-electron chi connectivity index (χ4n) is 3.74. The topological polar surface area (TPSA) is 95.8 Å². The molecular weight excluding hydrogens is 594 g/mol. The molecule has 0 unspecified atom stereocenters. The Bertz CT molecular complexity index is 1520. The number of rotatable bonds is 6. The van der Waals surface area contributed by atoms with E-state index in [0.717, 1.165) is 22.3 Å². The van der Waals surface area contributed by atoms with Crippen LogP contribution in [0.5, 0.6) is 23.5 Å². The third kappa shape index (κ3) is 6.95. The standard InChI is InChI=1S/C28H20Cl4N6O2/c1-28(2,3)19-13-17(15-4-8-20(9-5-15)39-26-35-22(29)33-23(30)36-26)12-18(14-19)16-6-10-21(11-7-16)40-27-37-24(31)34-25(32)38-27/h4-14H,1-3H3. The Labute approximate surface area is 250 Å². The maximum Gasteiger partial charge on any atom is 0.327 e. The summed E-state index contributed by atoms with van der Waals surface area (Å²) in [6, 6.07) is 21.7. The van der Waals surface area contributed by atoms with Crippen LogP contribution in [0.2, 0.25) is 21.1 Å². The number of ether oxygens (including phenoxy) is 2. The van der Waals surface area contributed by atoms with Gasteiger partial charge in [-0.1, -0.05) is 57.2 Å². The highest BCUT2D eigenvalue weighted by Crippen LogP contribution is 2.35. The molecule has 202 valence electrons. The van der Waals surface area contributed by atoms with Gasteiger partial charge >= 0.3 is 12.0 Å². The highest BCUT2D eigenvalue weighted by molar-refractivity contribution is 6.31. The summed E-state index contributed by atoms with van der Waals surface area (Å²) < 4.78 is 11.4. The van der Waals surface area contributed by atoms with Crippen LogP contribution in [0.25, 0.3) is 22.3 Å². The highest BCUT2D eigenvalue weighted by Gasteiger charge is 2.17. The minimum Gasteiger partial charge on any atom is -0.424 e. The summed E-state index contributed by atoms with van der Waals surface area (Å²) in [6.45, 7) is 6.54. The van der Waals surface area contributed by atoms with Crippen molar-refractivity contribution in [1.82, 2.24) is 29.9 Å². The first-order valence-electron chi connectivity index (χ1n) is 11.9. The zero-order chi connectivity index (χ0) is 28.4. The molecule has 0 saturated heterocycles. The minimum atomic E-state index is -0.0781. The lowest BCUT2D eigenvalue weighted by molar-refractivity contribution is 0.439. The van der Waals surface area contributed by atoms with Crippen molar-refractivity contribution in [3.63, 3.8) is 0 Å². The van der Waals surface area contributed by atoms with Gasteiger partial charge in [-0.3, -0.25) is 0 Å². The molecule has 40 heavy (non-hydrogen) atoms. The summed E-state index contributed by atoms with van der Waals surface area (Å²) >= 11 is 23.4. The summed E-state index contributed by atoms with van der Waals surface area (Å²) in [5.74, 6) is 1.07. The van der Waals surface area contributed by atoms with E-state index >= 15 is 0 Å². The lowest BCUT2D eigenvalue weighted by atomic mass is 9.83. The predicted octanol–water partition coefficient (Wildman–Crippen LogP) is 8.89. The van der Waals surface area contributed by atoms with Crippen LogP contribution in [0.3, 0.4) is 0 Å². The summed E-state index contributed by atoms with van der Waals surface area (Å²) in [7, 11) is 0. The SMILES string of the molecule is CC(C)(C)c1cc(-c2ccc(Oc3nc(Cl)nc(Cl)n3)cc2)cc(-c2ccc(Oc3nc(Cl)nc(Cl)n3)cc2)c1. The van der Waals surface area contributed by atoms with Gasteiger partial charge in [-0.05, 0) is 110 Å². The lowest BCUT2D eigenvalue weighted by Gasteiger charge is -2.22. The molecule has 0 N–H and O–H groups in total. The number of hydrogen-bond donors (Lipinski definition) is 0. The van der Waals surface area contributed by atoms with Crippen LogP contribution in [0.4, 0.5) is 0 Å². The summed E-state index contributed by atoms with van der Waals surface area (Å²) in [4.78, 5) is 23.2. The molecule has 0 radical (unpaired) electrons. The van der Waals surface area contributed by atoms with Crippen LogP contribution in [0.15, 0.2) is 66.7 Å². The maximum atomic E-state index is 5.84. The van der Waals surface area contributed by atoms with Gasteiger partial charge in [0, 0.05) is 0 Å². The van der Waals surface area contributed by atoms with E-state index in [4.69, 9.17) is 55.9 Å². The molecule has 0 aliphatic carbocycles. The first-order chi connectivity index (χ1) is 19.0. The van der Waals surface area contributed by atoms with Gasteiger partial charge in [-0.15, -0.1) is 0 Å². The van der Waals surface area contributed by atoms with Crippen LogP contribution < -0.4 is 9.47 Å². The number of benzene rings is 3. The van der Waals surface area contributed by atoms with E-state index in [2.05, 4.69) is 68.9 Å². The van der Waals surface area contributed by atoms with Gasteiger partial charge in [0.25, 0.3) is 0 Å². The van der Waals surface area contributed by atoms with Crippen molar-refractivity contribution in [2.24, 2.45) is 0 Å². The number of hydrogen-bond acceptors (Lipinski definition) is 8. The van der Waals surface area contributed by atoms with E-state index in [1.54, 1.807) is 0 Å². The molecular formula is C28H20Cl4N6O2. The van der Waals surface area contributed by atoms with Gasteiger partial charge in [-0.2, -0.15) is 29.9 Å². The van der Waals surface area contributed by atoms with Gasteiger partial charge in [0.2, 0.25) is 21.1 Å². The van der Waals surface area contributed by atoms with Crippen molar-refractivity contribution < 1.29 is 9.47 Å². The molecule has 2 aromatic heterocycles. The molecule has 0 saturated carbocycles. The fourth-order valence-corrected chi connectivity index (χ4v) is 4.44. The van der Waals surface area contributed by atoms with Crippen LogP contribution in [-0.2, 0) is 5.41 Å². The highest BCUT2D eigenvalue weighted by atomic mass is 35.5. The Kier molecular flexibility index (Phi) is 8.05. The third-order valence-electron chi connectivity index (χ3n) is 5.71. The van der Waals surface area contributed by atoms with Crippen LogP contribution in [0, 0.1) is 0 Å². The smallest absolute Gasteiger partial charge is 0.327 e. The normalized spacial score (nSPS) is 11.4. The summed E-state index contributed by atoms with van der Waals surface area (Å²) in [5.41, 5.74) is 5.23. The van der Waals surface area contributed by atoms with E-state index in [1.165, 1.54) is 5.56 Å². The molecule has 2 heterocycles. The molecule has 12 heteroatoms. The second-order valence-electron chi connectivity index (χ2n) is 9.61. The fraction of sp³-hybridized carbons (Fsp3) is 0.143. The minimum absolute atomic E-state index is 0.0175. The molecule has 5 aromatic rings. The molecule has 0 amide bonds. The average Bonchev–Trinajstić information content (AvgIpc) is 2.88. The van der Waals surface area contributed by atoms with Crippen molar-refractivity contribution >= 4 is 46.4 Å². The Morgan fingerprint density at radius 1 is 0.475 bits per heavy atom. The molecule has 0 spiro atoms. The summed E-state index contributed by atoms with van der Waals surface area (Å²) in [6.07, 6.45) is 0. The van der Waals surface area contributed by atoms with Crippen LogP contribution in [0.1, 0.15) is 26.3 Å². The zero-order valence-electron chi connectivity index (χ0n) is 21.4. The Hall–Kier alpha value is -3.56. The Morgan fingerprint density at radius 3 is 1.15 bits per heavy atom. The van der Waals surface area contributed by atoms with Crippen molar-refractivity contribution in [3.05, 3.63) is 93.4 Å². The van der Waals surface area contributed by atoms with E-state index in [-0.39, 0.29) is 38.6 Å². The molecule has 8 nitrogen and oxygen atoms in total. The second kappa shape index (κ2) is 11.5. The summed E-state index contributed by atoms with van der Waals surface area (Å²) in [5, 5.41) is -0.177. The van der Waals surface area contributed by atoms with E-state index < -0.39 is 0 Å². The third-order valence-corrected chi connectivity index (χ3v) is 6.39. The molecule has 0 atom stereocenters. The Morgan fingerprint density at radius 2 is 0.825 bits per heavy atom. The molecule has 0 fully saturated rings. The predicted molar refractivity (Wildman–Crippen MR) is 156 cm³/mol. The zero-order valence-corrected chi connectivity index (χ0v) is 24.4. The first-order valence-corrected chi connectivity index (χ1v) is 13.4. The van der Waals surface area contributed by atoms with Crippen molar-refractivity contribution in [2.45, 2.75) is 26.2 Å². The van der Waals surface area contributed by atoms with E-state index in [0.29, 0.717) is 11.5 Å². The van der Waals surface area contributed by atoms with E-state index in [1.807, 2.05) is 48.5 Å². The number of nitrogens with zero attached hydrogens (tertiary/aromatic N) is 6. The van der Waals surface area contributed by atoms with Crippen molar-refractivity contribution in [3.8, 4) is 45.8 Å². The molecule has 0 bridgehead atoms. The molecule has 5 rings (SSSR count). The van der Waals surface area contributed by atoms with Gasteiger partial charge in [0.05, 0.1) is 0 Å². The monoisotopic (exact) mass is 612 g/mol. The molecule has 0 aliphatic rings. The maximum absolute atomic E-state index is 5.84. The van der Waals surface area contributed by atoms with Gasteiger partial charge in [0.1, 0.15) is 11.5 Å². The average molecular weight is 614 g/mol. The van der Waals surface area contributed by atoms with E-state index in [9.17, 15) is 0 Å². The quantitative estimate of drug-likeness (QED) is 0.187. The van der Waals surface area contributed by atoms with Gasteiger partial charge in [0.15, 0.2) is 0 Å². The van der Waals surface area contributed by atoms with Gasteiger partial charge < -0.3 is 9.47 Å². The second-order valence-corrected chi connectivity index (χ2v) is 11.0. The van der Waals surface area contributed by atoms with Gasteiger partial charge in [-0.25, -0.2) is 0 Å². The van der Waals surface area contributed by atoms with Crippen molar-refractivity contribution in [2.75, 3.05) is 0 Å². The van der Waals surface area contributed by atoms with Crippen LogP contribution >= 0.6 is 46.4 Å². The lowest BCUT2D eigenvalue weighted by Crippen LogP contribution is -2.11. The molecule has 3 aromatic carbocycles. The van der Waals surface area contributed by atoms with Crippen LogP contribution in [-0.4, -0.2) is 29.9 Å². The number of aromatic nitrogens is 6. The molecule has 0 aliphatic heterocycles. The Balaban J connectivity index is 1.42. The number of halogens is 4.